The van der Waals surface area contributed by atoms with Crippen LogP contribution in [0.5, 0.6) is 0 Å². The van der Waals surface area contributed by atoms with Crippen molar-refractivity contribution in [1.29, 1.82) is 0 Å². The summed E-state index contributed by atoms with van der Waals surface area (Å²) in [7, 11) is 0. The maximum Gasteiger partial charge on any atom is 0.340 e. The van der Waals surface area contributed by atoms with Crippen LogP contribution in [0.15, 0.2) is 52.9 Å². The van der Waals surface area contributed by atoms with Gasteiger partial charge in [0.1, 0.15) is 0 Å². The Morgan fingerprint density at radius 1 is 1.08 bits per heavy atom. The molecule has 26 heavy (non-hydrogen) atoms. The van der Waals surface area contributed by atoms with E-state index in [0.29, 0.717) is 10.6 Å². The normalized spacial score (nSPS) is 10.4. The van der Waals surface area contributed by atoms with Gasteiger partial charge in [0.15, 0.2) is 6.61 Å². The van der Waals surface area contributed by atoms with E-state index < -0.39 is 18.5 Å². The quantitative estimate of drug-likeness (QED) is 0.663. The molecule has 0 saturated heterocycles. The maximum absolute atomic E-state index is 12.0. The molecule has 3 rings (SSSR count). The average molecular weight is 392 g/mol. The van der Waals surface area contributed by atoms with Crippen LogP contribution in [0.3, 0.4) is 0 Å². The zero-order valence-corrected chi connectivity index (χ0v) is 14.6. The van der Waals surface area contributed by atoms with Crippen molar-refractivity contribution in [3.05, 3.63) is 64.1 Å². The zero-order valence-electron chi connectivity index (χ0n) is 13.1. The third-order valence-corrected chi connectivity index (χ3v) is 3.74. The number of aromatic nitrogens is 2. The summed E-state index contributed by atoms with van der Waals surface area (Å²) in [6.45, 7) is -0.551. The van der Waals surface area contributed by atoms with Crippen LogP contribution >= 0.6 is 23.2 Å². The Bertz CT molecular complexity index is 944. The number of carbonyl (C=O) groups is 2. The van der Waals surface area contributed by atoms with Crippen molar-refractivity contribution in [3.63, 3.8) is 0 Å². The van der Waals surface area contributed by atoms with Gasteiger partial charge in [-0.15, -0.1) is 5.10 Å². The zero-order chi connectivity index (χ0) is 18.5. The van der Waals surface area contributed by atoms with Gasteiger partial charge in [-0.25, -0.2) is 4.79 Å². The number of amides is 1. The lowest BCUT2D eigenvalue weighted by atomic mass is 10.2. The fourth-order valence-corrected chi connectivity index (χ4v) is 2.36. The molecule has 1 N–H and O–H groups in total. The molecule has 0 aliphatic heterocycles. The first-order valence-electron chi connectivity index (χ1n) is 7.34. The average Bonchev–Trinajstić information content (AvgIpc) is 3.11. The van der Waals surface area contributed by atoms with Crippen molar-refractivity contribution in [2.75, 3.05) is 11.9 Å². The number of rotatable bonds is 5. The molecule has 3 aromatic rings. The van der Waals surface area contributed by atoms with Crippen molar-refractivity contribution >= 4 is 41.1 Å². The lowest BCUT2D eigenvalue weighted by Crippen LogP contribution is -2.21. The molecule has 7 nitrogen and oxygen atoms in total. The number of hydrogen-bond donors (Lipinski definition) is 1. The largest absolute Gasteiger partial charge is 0.452 e. The van der Waals surface area contributed by atoms with Crippen molar-refractivity contribution in [1.82, 2.24) is 10.2 Å². The summed E-state index contributed by atoms with van der Waals surface area (Å²) >= 11 is 11.7. The summed E-state index contributed by atoms with van der Waals surface area (Å²) in [5.41, 5.74) is 0.777. The highest BCUT2D eigenvalue weighted by molar-refractivity contribution is 6.35. The van der Waals surface area contributed by atoms with Gasteiger partial charge in [0.2, 0.25) is 5.89 Å². The van der Waals surface area contributed by atoms with Crippen molar-refractivity contribution in [3.8, 4) is 11.5 Å². The lowest BCUT2D eigenvalue weighted by molar-refractivity contribution is -0.119. The third-order valence-electron chi connectivity index (χ3n) is 3.17. The Labute approximate surface area is 157 Å². The Morgan fingerprint density at radius 3 is 2.62 bits per heavy atom. The van der Waals surface area contributed by atoms with Gasteiger partial charge in [-0.2, -0.15) is 0 Å². The highest BCUT2D eigenvalue weighted by Crippen LogP contribution is 2.21. The van der Waals surface area contributed by atoms with Crippen LogP contribution in [0, 0.1) is 0 Å². The molecule has 0 atom stereocenters. The molecule has 132 valence electrons. The molecule has 0 unspecified atom stereocenters. The minimum atomic E-state index is -0.775. The van der Waals surface area contributed by atoms with Crippen molar-refractivity contribution in [2.24, 2.45) is 0 Å². The molecule has 0 spiro atoms. The summed E-state index contributed by atoms with van der Waals surface area (Å²) in [6.07, 6.45) is 0. The molecule has 0 saturated carbocycles. The number of ether oxygens (including phenoxy) is 1. The SMILES string of the molecule is O=C(COC(=O)c1cc(Cl)ccc1Cl)Nc1nnc(-c2ccccc2)o1. The second kappa shape index (κ2) is 7.99. The van der Waals surface area contributed by atoms with Crippen molar-refractivity contribution < 1.29 is 18.7 Å². The maximum atomic E-state index is 12.0. The van der Waals surface area contributed by atoms with Crippen molar-refractivity contribution in [2.45, 2.75) is 0 Å². The van der Waals surface area contributed by atoms with Crippen LogP contribution in [0.1, 0.15) is 10.4 Å². The summed E-state index contributed by atoms with van der Waals surface area (Å²) in [6, 6.07) is 13.3. The molecule has 0 bridgehead atoms. The Hall–Kier alpha value is -2.90. The van der Waals surface area contributed by atoms with Gasteiger partial charge < -0.3 is 9.15 Å². The van der Waals surface area contributed by atoms with Gasteiger partial charge in [0.25, 0.3) is 5.91 Å². The molecule has 0 radical (unpaired) electrons. The topological polar surface area (TPSA) is 94.3 Å². The molecule has 1 aromatic heterocycles. The number of halogens is 2. The van der Waals surface area contributed by atoms with Crippen LogP contribution in [0.25, 0.3) is 11.5 Å². The highest BCUT2D eigenvalue weighted by atomic mass is 35.5. The fourth-order valence-electron chi connectivity index (χ4n) is 1.99. The molecule has 1 heterocycles. The number of carbonyl (C=O) groups excluding carboxylic acids is 2. The van der Waals surface area contributed by atoms with Gasteiger partial charge >= 0.3 is 12.0 Å². The Kier molecular flexibility index (Phi) is 5.50. The number of nitrogens with one attached hydrogen (secondary N) is 1. The van der Waals surface area contributed by atoms with E-state index in [0.717, 1.165) is 0 Å². The smallest absolute Gasteiger partial charge is 0.340 e. The number of benzene rings is 2. The molecule has 0 aliphatic rings. The lowest BCUT2D eigenvalue weighted by Gasteiger charge is -2.06. The van der Waals surface area contributed by atoms with Gasteiger partial charge in [-0.3, -0.25) is 10.1 Å². The summed E-state index contributed by atoms with van der Waals surface area (Å²) in [5, 5.41) is 10.4. The predicted octanol–water partition coefficient (Wildman–Crippen LogP) is 3.84. The number of hydrogen-bond acceptors (Lipinski definition) is 6. The molecular formula is C17H11Cl2N3O4. The predicted molar refractivity (Wildman–Crippen MR) is 95.1 cm³/mol. The molecule has 0 aliphatic carbocycles. The van der Waals surface area contributed by atoms with Gasteiger partial charge in [0.05, 0.1) is 10.6 Å². The Balaban J connectivity index is 1.57. The molecule has 1 amide bonds. The third kappa shape index (κ3) is 4.38. The number of esters is 1. The van der Waals surface area contributed by atoms with Crippen LogP contribution in [-0.2, 0) is 9.53 Å². The van der Waals surface area contributed by atoms with E-state index in [-0.39, 0.29) is 22.5 Å². The number of nitrogens with zero attached hydrogens (tertiary/aromatic N) is 2. The first-order valence-corrected chi connectivity index (χ1v) is 8.09. The van der Waals surface area contributed by atoms with Gasteiger partial charge in [-0.1, -0.05) is 46.5 Å². The second-order valence-electron chi connectivity index (χ2n) is 5.03. The van der Waals surface area contributed by atoms with E-state index in [2.05, 4.69) is 15.5 Å². The van der Waals surface area contributed by atoms with Gasteiger partial charge in [-0.05, 0) is 30.3 Å². The molecule has 9 heteroatoms. The van der Waals surface area contributed by atoms with E-state index in [1.54, 1.807) is 12.1 Å². The first kappa shape index (κ1) is 17.9. The highest BCUT2D eigenvalue weighted by Gasteiger charge is 2.16. The second-order valence-corrected chi connectivity index (χ2v) is 5.87. The molecule has 2 aromatic carbocycles. The van der Waals surface area contributed by atoms with Crippen LogP contribution in [0.2, 0.25) is 10.0 Å². The van der Waals surface area contributed by atoms with E-state index in [1.165, 1.54) is 18.2 Å². The first-order chi connectivity index (χ1) is 12.5. The van der Waals surface area contributed by atoms with E-state index in [4.69, 9.17) is 32.4 Å². The Morgan fingerprint density at radius 2 is 1.85 bits per heavy atom. The van der Waals surface area contributed by atoms with Crippen LogP contribution in [-0.4, -0.2) is 28.7 Å². The van der Waals surface area contributed by atoms with E-state index in [9.17, 15) is 9.59 Å². The minimum Gasteiger partial charge on any atom is -0.452 e. The molecular weight excluding hydrogens is 381 g/mol. The van der Waals surface area contributed by atoms with E-state index in [1.807, 2.05) is 18.2 Å². The standard InChI is InChI=1S/C17H11Cl2N3O4/c18-11-6-7-13(19)12(8-11)16(24)25-9-14(23)20-17-22-21-15(26-17)10-4-2-1-3-5-10/h1-8H,9H2,(H,20,22,23). The molecule has 0 fully saturated rings. The summed E-state index contributed by atoms with van der Waals surface area (Å²) in [4.78, 5) is 23.8. The fraction of sp³-hybridized carbons (Fsp3) is 0.0588. The summed E-state index contributed by atoms with van der Waals surface area (Å²) in [5.74, 6) is -1.16. The van der Waals surface area contributed by atoms with Crippen LogP contribution in [0.4, 0.5) is 6.01 Å². The minimum absolute atomic E-state index is 0.0659. The van der Waals surface area contributed by atoms with E-state index >= 15 is 0 Å². The van der Waals surface area contributed by atoms with Crippen LogP contribution < -0.4 is 5.32 Å². The monoisotopic (exact) mass is 391 g/mol. The van der Waals surface area contributed by atoms with Gasteiger partial charge in [0, 0.05) is 10.6 Å². The summed E-state index contributed by atoms with van der Waals surface area (Å²) < 4.78 is 10.2. The number of anilines is 1.